The minimum atomic E-state index is -0.925. The summed E-state index contributed by atoms with van der Waals surface area (Å²) >= 11 is 1.77. The average molecular weight is 292 g/mol. The van der Waals surface area contributed by atoms with Gasteiger partial charge in [0.15, 0.2) is 0 Å². The zero-order valence-electron chi connectivity index (χ0n) is 12.3. The van der Waals surface area contributed by atoms with Crippen LogP contribution in [0.25, 0.3) is 11.0 Å². The van der Waals surface area contributed by atoms with Crippen LogP contribution in [0.5, 0.6) is 0 Å². The number of carboxylic acids is 1. The van der Waals surface area contributed by atoms with E-state index in [1.54, 1.807) is 23.9 Å². The summed E-state index contributed by atoms with van der Waals surface area (Å²) in [4.78, 5) is 16.0. The molecule has 1 aromatic carbocycles. The third kappa shape index (κ3) is 2.68. The summed E-state index contributed by atoms with van der Waals surface area (Å²) in [6.45, 7) is 7.14. The lowest BCUT2D eigenvalue weighted by atomic mass is 9.96. The molecule has 0 unspecified atom stereocenters. The van der Waals surface area contributed by atoms with Gasteiger partial charge in [0.2, 0.25) is 0 Å². The van der Waals surface area contributed by atoms with Crippen LogP contribution in [-0.2, 0) is 12.0 Å². The highest BCUT2D eigenvalue weighted by Gasteiger charge is 2.24. The molecule has 0 saturated heterocycles. The van der Waals surface area contributed by atoms with Crippen molar-refractivity contribution in [3.05, 3.63) is 29.6 Å². The average Bonchev–Trinajstić information content (AvgIpc) is 2.74. The first kappa shape index (κ1) is 14.9. The molecule has 0 radical (unpaired) electrons. The van der Waals surface area contributed by atoms with Gasteiger partial charge in [-0.05, 0) is 18.4 Å². The lowest BCUT2D eigenvalue weighted by Crippen LogP contribution is -2.19. The topological polar surface area (TPSA) is 55.1 Å². The van der Waals surface area contributed by atoms with Crippen molar-refractivity contribution in [2.45, 2.75) is 32.7 Å². The van der Waals surface area contributed by atoms with E-state index in [4.69, 9.17) is 0 Å². The summed E-state index contributed by atoms with van der Waals surface area (Å²) < 4.78 is 2.15. The molecule has 108 valence electrons. The Kier molecular flexibility index (Phi) is 4.09. The van der Waals surface area contributed by atoms with E-state index in [-0.39, 0.29) is 11.0 Å². The van der Waals surface area contributed by atoms with E-state index in [0.29, 0.717) is 5.52 Å². The predicted molar refractivity (Wildman–Crippen MR) is 83.8 cm³/mol. The Morgan fingerprint density at radius 1 is 1.40 bits per heavy atom. The van der Waals surface area contributed by atoms with Crippen molar-refractivity contribution < 1.29 is 9.90 Å². The van der Waals surface area contributed by atoms with Crippen LogP contribution in [-0.4, -0.2) is 32.6 Å². The fourth-order valence-corrected chi connectivity index (χ4v) is 2.67. The van der Waals surface area contributed by atoms with Gasteiger partial charge in [-0.1, -0.05) is 26.8 Å². The van der Waals surface area contributed by atoms with Crippen LogP contribution < -0.4 is 0 Å². The number of hydrogen-bond acceptors (Lipinski definition) is 3. The van der Waals surface area contributed by atoms with Crippen LogP contribution in [0.3, 0.4) is 0 Å². The number of rotatable bonds is 4. The van der Waals surface area contributed by atoms with Crippen LogP contribution in [0.1, 0.15) is 37.0 Å². The highest BCUT2D eigenvalue weighted by atomic mass is 32.2. The van der Waals surface area contributed by atoms with Crippen molar-refractivity contribution in [2.24, 2.45) is 0 Å². The Hall–Kier alpha value is -1.49. The monoisotopic (exact) mass is 292 g/mol. The van der Waals surface area contributed by atoms with Crippen LogP contribution >= 0.6 is 11.8 Å². The van der Waals surface area contributed by atoms with Crippen molar-refractivity contribution in [3.8, 4) is 0 Å². The van der Waals surface area contributed by atoms with Gasteiger partial charge in [0.25, 0.3) is 0 Å². The molecule has 0 aliphatic heterocycles. The molecule has 0 fully saturated rings. The minimum absolute atomic E-state index is 0.118. The van der Waals surface area contributed by atoms with Crippen molar-refractivity contribution in [1.82, 2.24) is 9.55 Å². The number of hydrogen-bond donors (Lipinski definition) is 1. The first-order chi connectivity index (χ1) is 9.36. The van der Waals surface area contributed by atoms with Gasteiger partial charge in [0.05, 0.1) is 11.1 Å². The summed E-state index contributed by atoms with van der Waals surface area (Å²) in [7, 11) is 0. The fourth-order valence-electron chi connectivity index (χ4n) is 2.30. The molecule has 2 aromatic rings. The quantitative estimate of drug-likeness (QED) is 0.938. The van der Waals surface area contributed by atoms with E-state index in [9.17, 15) is 9.90 Å². The number of fused-ring (bicyclic) bond motifs is 1. The van der Waals surface area contributed by atoms with E-state index in [1.807, 2.05) is 6.07 Å². The molecule has 0 amide bonds. The summed E-state index contributed by atoms with van der Waals surface area (Å²) in [6, 6.07) is 5.35. The van der Waals surface area contributed by atoms with Gasteiger partial charge in [-0.25, -0.2) is 9.78 Å². The minimum Gasteiger partial charge on any atom is -0.478 e. The number of carboxylic acid groups (broad SMARTS) is 1. The molecule has 1 N–H and O–H groups in total. The maximum absolute atomic E-state index is 11.3. The van der Waals surface area contributed by atoms with Gasteiger partial charge in [0, 0.05) is 17.7 Å². The number of carbonyl (C=O) groups is 1. The van der Waals surface area contributed by atoms with Crippen molar-refractivity contribution in [2.75, 3.05) is 12.0 Å². The smallest absolute Gasteiger partial charge is 0.337 e. The third-order valence-electron chi connectivity index (χ3n) is 3.20. The van der Waals surface area contributed by atoms with Gasteiger partial charge < -0.3 is 9.67 Å². The molecule has 0 aliphatic carbocycles. The molecule has 0 spiro atoms. The van der Waals surface area contributed by atoms with Crippen LogP contribution in [0.4, 0.5) is 0 Å². The van der Waals surface area contributed by atoms with Gasteiger partial charge in [-0.2, -0.15) is 11.8 Å². The molecule has 0 atom stereocenters. The number of thioether (sulfide) groups is 1. The number of benzene rings is 1. The maximum Gasteiger partial charge on any atom is 0.337 e. The Morgan fingerprint density at radius 3 is 2.65 bits per heavy atom. The second-order valence-electron chi connectivity index (χ2n) is 5.81. The Balaban J connectivity index is 2.71. The SMILES string of the molecule is CSCCn1c(C(C)(C)C)nc2c(C(=O)O)cccc21. The molecule has 0 saturated carbocycles. The second-order valence-corrected chi connectivity index (χ2v) is 6.79. The number of aromatic nitrogens is 2. The molecule has 0 bridgehead atoms. The summed E-state index contributed by atoms with van der Waals surface area (Å²) in [5, 5.41) is 9.31. The number of nitrogens with zero attached hydrogens (tertiary/aromatic N) is 2. The van der Waals surface area contributed by atoms with Gasteiger partial charge in [0.1, 0.15) is 11.3 Å². The van der Waals surface area contributed by atoms with E-state index in [1.165, 1.54) is 0 Å². The van der Waals surface area contributed by atoms with Gasteiger partial charge in [-0.15, -0.1) is 0 Å². The maximum atomic E-state index is 11.3. The van der Waals surface area contributed by atoms with E-state index in [2.05, 4.69) is 36.6 Å². The summed E-state index contributed by atoms with van der Waals surface area (Å²) in [5.41, 5.74) is 1.65. The molecular formula is C15H20N2O2S. The van der Waals surface area contributed by atoms with Gasteiger partial charge >= 0.3 is 5.97 Å². The molecule has 4 nitrogen and oxygen atoms in total. The first-order valence-electron chi connectivity index (χ1n) is 6.58. The highest BCUT2D eigenvalue weighted by molar-refractivity contribution is 7.98. The number of imidazole rings is 1. The van der Waals surface area contributed by atoms with Crippen molar-refractivity contribution >= 4 is 28.8 Å². The molecule has 0 aliphatic rings. The second kappa shape index (κ2) is 5.48. The van der Waals surface area contributed by atoms with E-state index >= 15 is 0 Å². The molecule has 1 aromatic heterocycles. The Bertz CT molecular complexity index is 641. The van der Waals surface area contributed by atoms with Crippen molar-refractivity contribution in [1.29, 1.82) is 0 Å². The largest absolute Gasteiger partial charge is 0.478 e. The predicted octanol–water partition coefficient (Wildman–Crippen LogP) is 3.40. The normalized spacial score (nSPS) is 12.0. The molecular weight excluding hydrogens is 272 g/mol. The number of aryl methyl sites for hydroxylation is 1. The first-order valence-corrected chi connectivity index (χ1v) is 7.97. The van der Waals surface area contributed by atoms with E-state index < -0.39 is 5.97 Å². The zero-order valence-corrected chi connectivity index (χ0v) is 13.1. The summed E-state index contributed by atoms with van der Waals surface area (Å²) in [5.74, 6) is 0.993. The number of aromatic carboxylic acids is 1. The van der Waals surface area contributed by atoms with Crippen LogP contribution in [0.15, 0.2) is 18.2 Å². The highest BCUT2D eigenvalue weighted by Crippen LogP contribution is 2.28. The standard InChI is InChI=1S/C15H20N2O2S/c1-15(2,3)14-16-12-10(13(18)19)6-5-7-11(12)17(14)8-9-20-4/h5-7H,8-9H2,1-4H3,(H,18,19). The van der Waals surface area contributed by atoms with Crippen molar-refractivity contribution in [3.63, 3.8) is 0 Å². The lowest BCUT2D eigenvalue weighted by Gasteiger charge is -2.20. The summed E-state index contributed by atoms with van der Waals surface area (Å²) in [6.07, 6.45) is 2.07. The Morgan fingerprint density at radius 2 is 2.10 bits per heavy atom. The molecule has 5 heteroatoms. The zero-order chi connectivity index (χ0) is 14.9. The molecule has 20 heavy (non-hydrogen) atoms. The van der Waals surface area contributed by atoms with Crippen LogP contribution in [0, 0.1) is 0 Å². The molecule has 2 rings (SSSR count). The lowest BCUT2D eigenvalue weighted by molar-refractivity contribution is 0.0699. The van der Waals surface area contributed by atoms with Gasteiger partial charge in [-0.3, -0.25) is 0 Å². The number of para-hydroxylation sites is 1. The van der Waals surface area contributed by atoms with E-state index in [0.717, 1.165) is 23.6 Å². The molecule has 1 heterocycles. The Labute approximate surface area is 123 Å². The van der Waals surface area contributed by atoms with Crippen LogP contribution in [0.2, 0.25) is 0 Å². The third-order valence-corrected chi connectivity index (χ3v) is 3.79. The fraction of sp³-hybridized carbons (Fsp3) is 0.467.